The summed E-state index contributed by atoms with van der Waals surface area (Å²) in [6.07, 6.45) is 3.61. The van der Waals surface area contributed by atoms with Gasteiger partial charge in [0.25, 0.3) is 0 Å². The molecule has 0 saturated heterocycles. The van der Waals surface area contributed by atoms with E-state index in [-0.39, 0.29) is 51.4 Å². The number of hydrogen-bond donors (Lipinski definition) is 3. The third kappa shape index (κ3) is 7.14. The summed E-state index contributed by atoms with van der Waals surface area (Å²) in [5, 5.41) is 21.5. The Balaban J connectivity index is 0.000000299. The Morgan fingerprint density at radius 3 is 1.93 bits per heavy atom. The van der Waals surface area contributed by atoms with Crippen molar-refractivity contribution in [1.29, 1.82) is 0 Å². The van der Waals surface area contributed by atoms with Gasteiger partial charge in [0.15, 0.2) is 0 Å². The van der Waals surface area contributed by atoms with Crippen molar-refractivity contribution in [2.75, 3.05) is 0 Å². The van der Waals surface area contributed by atoms with Gasteiger partial charge < -0.3 is 21.5 Å². The first-order valence-corrected chi connectivity index (χ1v) is 4.12. The predicted molar refractivity (Wildman–Crippen MR) is 50.5 cm³/mol. The summed E-state index contributed by atoms with van der Waals surface area (Å²) in [6.45, 7) is 0. The minimum Gasteiger partial charge on any atom is -0.402 e. The predicted octanol–water partition coefficient (Wildman–Crippen LogP) is -2.67. The second-order valence-electron chi connectivity index (χ2n) is 2.83. The van der Waals surface area contributed by atoms with Crippen molar-refractivity contribution >= 4 is 7.32 Å². The van der Waals surface area contributed by atoms with Gasteiger partial charge in [-0.3, -0.25) is 0 Å². The largest absolute Gasteiger partial charge is 1.00 e. The van der Waals surface area contributed by atoms with E-state index in [4.69, 9.17) is 15.1 Å². The second-order valence-corrected chi connectivity index (χ2v) is 2.83. The van der Waals surface area contributed by atoms with Crippen LogP contribution in [0.1, 0.15) is 17.9 Å². The average molecular weight is 218 g/mol. The standard InChI is InChI=1S/C9H9.BH3O3.K/c1-2-4-8(5-3-1)9-6-7-9;2-1(3)4;/h1-6,9H,7H2;2-4H;/q-1;;+1. The van der Waals surface area contributed by atoms with E-state index in [2.05, 4.69) is 36.8 Å². The first-order valence-electron chi connectivity index (χ1n) is 4.12. The van der Waals surface area contributed by atoms with Crippen LogP contribution in [0.2, 0.25) is 0 Å². The van der Waals surface area contributed by atoms with Crippen LogP contribution < -0.4 is 51.4 Å². The molecular weight excluding hydrogens is 206 g/mol. The number of hydrogen-bond acceptors (Lipinski definition) is 3. The van der Waals surface area contributed by atoms with Crippen LogP contribution in [0, 0.1) is 6.42 Å². The summed E-state index contributed by atoms with van der Waals surface area (Å²) < 4.78 is 0. The molecule has 0 amide bonds. The topological polar surface area (TPSA) is 60.7 Å². The first kappa shape index (κ1) is 14.8. The molecule has 0 bridgehead atoms. The average Bonchev–Trinajstić information content (AvgIpc) is 2.87. The van der Waals surface area contributed by atoms with Crippen LogP contribution in [-0.2, 0) is 0 Å². The van der Waals surface area contributed by atoms with E-state index in [9.17, 15) is 0 Å². The number of rotatable bonds is 1. The van der Waals surface area contributed by atoms with E-state index in [1.807, 2.05) is 0 Å². The maximum atomic E-state index is 7.17. The fourth-order valence-corrected chi connectivity index (χ4v) is 1.04. The molecule has 1 aliphatic carbocycles. The Morgan fingerprint density at radius 2 is 1.57 bits per heavy atom. The zero-order valence-corrected chi connectivity index (χ0v) is 11.3. The molecule has 3 nitrogen and oxygen atoms in total. The van der Waals surface area contributed by atoms with Crippen molar-refractivity contribution in [3.63, 3.8) is 0 Å². The molecular formula is C9H12BKO3. The quantitative estimate of drug-likeness (QED) is 0.356. The van der Waals surface area contributed by atoms with Crippen LogP contribution in [-0.4, -0.2) is 22.4 Å². The van der Waals surface area contributed by atoms with E-state index in [1.165, 1.54) is 12.0 Å². The van der Waals surface area contributed by atoms with Crippen LogP contribution >= 0.6 is 0 Å². The van der Waals surface area contributed by atoms with E-state index >= 15 is 0 Å². The van der Waals surface area contributed by atoms with Crippen LogP contribution in [0.4, 0.5) is 0 Å². The van der Waals surface area contributed by atoms with E-state index < -0.39 is 7.32 Å². The fraction of sp³-hybridized carbons (Fsp3) is 0.222. The fourth-order valence-electron chi connectivity index (χ4n) is 1.04. The summed E-state index contributed by atoms with van der Waals surface area (Å²) in [7, 11) is -2.17. The zero-order chi connectivity index (χ0) is 9.68. The molecule has 14 heavy (non-hydrogen) atoms. The Kier molecular flexibility index (Phi) is 8.47. The molecule has 1 aliphatic rings. The monoisotopic (exact) mass is 218 g/mol. The molecule has 2 rings (SSSR count). The first-order chi connectivity index (χ1) is 6.20. The van der Waals surface area contributed by atoms with Crippen LogP contribution in [0.25, 0.3) is 0 Å². The molecule has 5 heteroatoms. The van der Waals surface area contributed by atoms with Crippen molar-refractivity contribution in [2.24, 2.45) is 0 Å². The molecule has 1 fully saturated rings. The smallest absolute Gasteiger partial charge is 0.402 e. The van der Waals surface area contributed by atoms with Gasteiger partial charge in [-0.2, -0.15) is 12.3 Å². The van der Waals surface area contributed by atoms with Gasteiger partial charge >= 0.3 is 58.7 Å². The second kappa shape index (κ2) is 8.01. The molecule has 0 aliphatic heterocycles. The molecule has 1 unspecified atom stereocenters. The SMILES string of the molecule is OB(O)O.[K+].c1ccc(C2[CH-]C2)cc1. The molecule has 0 heterocycles. The van der Waals surface area contributed by atoms with Crippen LogP contribution in [0.5, 0.6) is 0 Å². The summed E-state index contributed by atoms with van der Waals surface area (Å²) in [5.74, 6) is 0.784. The van der Waals surface area contributed by atoms with Crippen molar-refractivity contribution in [1.82, 2.24) is 0 Å². The van der Waals surface area contributed by atoms with Gasteiger partial charge in [0, 0.05) is 0 Å². The van der Waals surface area contributed by atoms with Crippen molar-refractivity contribution in [2.45, 2.75) is 12.3 Å². The molecule has 1 atom stereocenters. The molecule has 1 aromatic rings. The molecule has 3 N–H and O–H groups in total. The van der Waals surface area contributed by atoms with E-state index in [1.54, 1.807) is 0 Å². The van der Waals surface area contributed by atoms with Gasteiger partial charge in [0.2, 0.25) is 0 Å². The maximum Gasteiger partial charge on any atom is 1.00 e. The Bertz CT molecular complexity index is 236. The van der Waals surface area contributed by atoms with Crippen molar-refractivity contribution in [3.05, 3.63) is 42.3 Å². The van der Waals surface area contributed by atoms with Crippen molar-refractivity contribution < 1.29 is 66.5 Å². The molecule has 0 radical (unpaired) electrons. The summed E-state index contributed by atoms with van der Waals surface area (Å²) in [4.78, 5) is 0. The zero-order valence-electron chi connectivity index (χ0n) is 8.17. The maximum absolute atomic E-state index is 7.17. The minimum absolute atomic E-state index is 0. The van der Waals surface area contributed by atoms with Gasteiger partial charge in [-0.15, -0.1) is 0 Å². The molecule has 0 aromatic heterocycles. The summed E-state index contributed by atoms with van der Waals surface area (Å²) >= 11 is 0. The normalized spacial score (nSPS) is 17.2. The minimum atomic E-state index is -2.17. The molecule has 70 valence electrons. The van der Waals surface area contributed by atoms with Gasteiger partial charge in [-0.25, -0.2) is 0 Å². The molecule has 1 saturated carbocycles. The number of benzene rings is 1. The molecule has 1 aromatic carbocycles. The summed E-state index contributed by atoms with van der Waals surface area (Å²) in [5.41, 5.74) is 1.47. The Labute approximate surface area is 127 Å². The Hall–Kier alpha value is 0.801. The van der Waals surface area contributed by atoms with Gasteiger partial charge in [-0.05, 0) is 0 Å². The van der Waals surface area contributed by atoms with E-state index in [0.29, 0.717) is 0 Å². The van der Waals surface area contributed by atoms with Crippen LogP contribution in [0.3, 0.4) is 0 Å². The van der Waals surface area contributed by atoms with E-state index in [0.717, 1.165) is 5.92 Å². The van der Waals surface area contributed by atoms with Gasteiger partial charge in [0.1, 0.15) is 0 Å². The Morgan fingerprint density at radius 1 is 1.14 bits per heavy atom. The third-order valence-electron chi connectivity index (χ3n) is 1.70. The van der Waals surface area contributed by atoms with Gasteiger partial charge in [0.05, 0.1) is 0 Å². The summed E-state index contributed by atoms with van der Waals surface area (Å²) in [6, 6.07) is 10.6. The van der Waals surface area contributed by atoms with Gasteiger partial charge in [-0.1, -0.05) is 35.9 Å². The third-order valence-corrected chi connectivity index (χ3v) is 1.70. The molecule has 0 spiro atoms. The van der Waals surface area contributed by atoms with Crippen LogP contribution in [0.15, 0.2) is 30.3 Å². The van der Waals surface area contributed by atoms with Crippen molar-refractivity contribution in [3.8, 4) is 0 Å².